The molecule has 1 unspecified atom stereocenters. The Bertz CT molecular complexity index is 1440. The van der Waals surface area contributed by atoms with Crippen LogP contribution in [0.2, 0.25) is 5.02 Å². The minimum atomic E-state index is -0.994. The van der Waals surface area contributed by atoms with E-state index in [2.05, 4.69) is 15.0 Å². The molecule has 0 saturated carbocycles. The maximum Gasteiger partial charge on any atom is 0.427 e. The van der Waals surface area contributed by atoms with E-state index in [1.165, 1.54) is 18.9 Å². The number of hydrogen-bond acceptors (Lipinski definition) is 11. The van der Waals surface area contributed by atoms with Crippen LogP contribution in [0.4, 0.5) is 15.5 Å². The first-order valence-corrected chi connectivity index (χ1v) is 14.0. The molecule has 3 aromatic heterocycles. The summed E-state index contributed by atoms with van der Waals surface area (Å²) in [6.07, 6.45) is -0.763. The molecular formula is C26H33ClN6O6S. The molecular weight excluding hydrogens is 560 g/mol. The molecule has 0 aliphatic carbocycles. The number of rotatable bonds is 4. The van der Waals surface area contributed by atoms with Gasteiger partial charge in [-0.2, -0.15) is 10.1 Å². The van der Waals surface area contributed by atoms with Crippen LogP contribution in [-0.2, 0) is 22.4 Å². The number of imide groups is 1. The Morgan fingerprint density at radius 3 is 2.35 bits per heavy atom. The van der Waals surface area contributed by atoms with Crippen molar-refractivity contribution in [3.8, 4) is 5.75 Å². The molecule has 1 aliphatic heterocycles. The topological polar surface area (TPSA) is 142 Å². The van der Waals surface area contributed by atoms with Gasteiger partial charge in [-0.05, 0) is 48.5 Å². The fraction of sp³-hybridized carbons (Fsp3) is 0.538. The molecule has 1 aliphatic rings. The van der Waals surface area contributed by atoms with Crippen LogP contribution in [0.25, 0.3) is 11.0 Å². The third-order valence-corrected chi connectivity index (χ3v) is 7.05. The maximum atomic E-state index is 13.3. The summed E-state index contributed by atoms with van der Waals surface area (Å²) in [7, 11) is 1.53. The van der Waals surface area contributed by atoms with Crippen LogP contribution in [0.15, 0.2) is 11.2 Å². The summed E-state index contributed by atoms with van der Waals surface area (Å²) in [5.74, 6) is 0.583. The van der Waals surface area contributed by atoms with Crippen LogP contribution in [-0.4, -0.2) is 72.2 Å². The Hall–Kier alpha value is -3.16. The molecule has 1 N–H and O–H groups in total. The molecule has 0 saturated heterocycles. The van der Waals surface area contributed by atoms with Gasteiger partial charge in [-0.25, -0.2) is 19.3 Å². The smallest absolute Gasteiger partial charge is 0.427 e. The molecule has 1 atom stereocenters. The van der Waals surface area contributed by atoms with Crippen molar-refractivity contribution >= 4 is 52.5 Å². The fourth-order valence-corrected chi connectivity index (χ4v) is 5.27. The van der Waals surface area contributed by atoms with E-state index >= 15 is 0 Å². The van der Waals surface area contributed by atoms with Crippen molar-refractivity contribution in [3.63, 3.8) is 0 Å². The number of thioether (sulfide) groups is 1. The molecule has 216 valence electrons. The highest BCUT2D eigenvalue weighted by atomic mass is 35.5. The molecule has 4 rings (SSSR count). The second kappa shape index (κ2) is 11.0. The van der Waals surface area contributed by atoms with Crippen molar-refractivity contribution in [2.75, 3.05) is 17.8 Å². The number of hydrogen-bond donors (Lipinski definition) is 1. The van der Waals surface area contributed by atoms with E-state index in [1.54, 1.807) is 52.4 Å². The van der Waals surface area contributed by atoms with Crippen LogP contribution in [0.5, 0.6) is 5.75 Å². The first-order valence-electron chi connectivity index (χ1n) is 12.6. The van der Waals surface area contributed by atoms with Gasteiger partial charge in [-0.3, -0.25) is 4.98 Å². The van der Waals surface area contributed by atoms with E-state index in [-0.39, 0.29) is 18.9 Å². The van der Waals surface area contributed by atoms with Crippen molar-refractivity contribution in [2.24, 2.45) is 0 Å². The molecule has 2 amide bonds. The zero-order valence-corrected chi connectivity index (χ0v) is 25.3. The molecule has 4 heterocycles. The number of anilines is 1. The molecule has 14 heteroatoms. The molecule has 0 radical (unpaired) electrons. The van der Waals surface area contributed by atoms with E-state index < -0.39 is 29.5 Å². The average molecular weight is 593 g/mol. The average Bonchev–Trinajstić information content (AvgIpc) is 3.05. The monoisotopic (exact) mass is 592 g/mol. The molecule has 0 aromatic carbocycles. The van der Waals surface area contributed by atoms with Gasteiger partial charge in [0.2, 0.25) is 5.95 Å². The first-order chi connectivity index (χ1) is 18.6. The highest BCUT2D eigenvalue weighted by Crippen LogP contribution is 2.36. The summed E-state index contributed by atoms with van der Waals surface area (Å²) >= 11 is 7.88. The van der Waals surface area contributed by atoms with Crippen LogP contribution in [0, 0.1) is 6.92 Å². The summed E-state index contributed by atoms with van der Waals surface area (Å²) in [6, 6.07) is 0. The van der Waals surface area contributed by atoms with Crippen molar-refractivity contribution in [3.05, 3.63) is 28.2 Å². The predicted molar refractivity (Wildman–Crippen MR) is 150 cm³/mol. The highest BCUT2D eigenvalue weighted by Gasteiger charge is 2.36. The van der Waals surface area contributed by atoms with E-state index in [0.717, 1.165) is 5.56 Å². The Kier molecular flexibility index (Phi) is 8.21. The van der Waals surface area contributed by atoms with Crippen molar-refractivity contribution in [1.29, 1.82) is 0 Å². The number of methoxy groups -OCH3 is 1. The molecule has 40 heavy (non-hydrogen) atoms. The maximum absolute atomic E-state index is 13.3. The normalized spacial score (nSPS) is 15.5. The van der Waals surface area contributed by atoms with Gasteiger partial charge >= 0.3 is 12.2 Å². The molecule has 0 bridgehead atoms. The van der Waals surface area contributed by atoms with Gasteiger partial charge in [0.05, 0.1) is 36.5 Å². The number of carbonyl (C=O) groups is 2. The van der Waals surface area contributed by atoms with Crippen molar-refractivity contribution < 1.29 is 28.9 Å². The van der Waals surface area contributed by atoms with Crippen LogP contribution in [0.3, 0.4) is 0 Å². The largest absolute Gasteiger partial charge is 0.495 e. The number of aromatic nitrogens is 5. The second-order valence-electron chi connectivity index (χ2n) is 11.3. The lowest BCUT2D eigenvalue weighted by Gasteiger charge is -2.27. The lowest BCUT2D eigenvalue weighted by atomic mass is 10.2. The second-order valence-corrected chi connectivity index (χ2v) is 12.7. The van der Waals surface area contributed by atoms with Gasteiger partial charge in [0.15, 0.2) is 5.65 Å². The van der Waals surface area contributed by atoms with Gasteiger partial charge < -0.3 is 19.3 Å². The Morgan fingerprint density at radius 2 is 1.77 bits per heavy atom. The third-order valence-electron chi connectivity index (χ3n) is 5.54. The van der Waals surface area contributed by atoms with E-state index in [1.807, 2.05) is 6.92 Å². The van der Waals surface area contributed by atoms with Crippen LogP contribution >= 0.6 is 23.4 Å². The van der Waals surface area contributed by atoms with Gasteiger partial charge in [-0.15, -0.1) is 16.7 Å². The Labute approximate surface area is 241 Å². The summed E-state index contributed by atoms with van der Waals surface area (Å²) in [5.41, 5.74) is 0.329. The summed E-state index contributed by atoms with van der Waals surface area (Å²) in [5, 5.41) is 16.6. The standard InChI is InChI=1S/C26H33ClN6O6S/c1-13-10-28-16(18(27)19(13)37-8)11-32-20-17-15(31-32)9-14(34)12-40-21(17)30-22(29-20)33(23(35)38-25(2,3)4)24(36)39-26(5,6)7/h10,14,34H,9,11-12H2,1-8H3. The number of halogens is 1. The zero-order chi connectivity index (χ0) is 29.6. The molecule has 12 nitrogen and oxygen atoms in total. The number of aliphatic hydroxyl groups excluding tert-OH is 1. The third kappa shape index (κ3) is 6.42. The number of aryl methyl sites for hydroxylation is 1. The lowest BCUT2D eigenvalue weighted by Crippen LogP contribution is -2.44. The van der Waals surface area contributed by atoms with E-state index in [9.17, 15) is 14.7 Å². The molecule has 0 fully saturated rings. The van der Waals surface area contributed by atoms with Crippen molar-refractivity contribution in [2.45, 2.75) is 83.8 Å². The van der Waals surface area contributed by atoms with Crippen LogP contribution < -0.4 is 9.64 Å². The number of carbonyl (C=O) groups excluding carboxylic acids is 2. The van der Waals surface area contributed by atoms with Gasteiger partial charge in [0.25, 0.3) is 0 Å². The quantitative estimate of drug-likeness (QED) is 0.412. The number of aliphatic hydroxyl groups is 1. The fourth-order valence-electron chi connectivity index (χ4n) is 3.97. The predicted octanol–water partition coefficient (Wildman–Crippen LogP) is 4.93. The van der Waals surface area contributed by atoms with Crippen molar-refractivity contribution in [1.82, 2.24) is 24.7 Å². The summed E-state index contributed by atoms with van der Waals surface area (Å²) < 4.78 is 18.0. The minimum absolute atomic E-state index is 0.0987. The summed E-state index contributed by atoms with van der Waals surface area (Å²) in [4.78, 5) is 40.9. The molecule has 0 spiro atoms. The SMILES string of the molecule is COc1c(C)cnc(Cn2nc3c4c(nc(N(C(=O)OC(C)(C)C)C(=O)OC(C)(C)C)nc42)SCC(O)C3)c1Cl. The minimum Gasteiger partial charge on any atom is -0.495 e. The number of amides is 2. The van der Waals surface area contributed by atoms with E-state index in [0.29, 0.717) is 48.9 Å². The van der Waals surface area contributed by atoms with Gasteiger partial charge in [-0.1, -0.05) is 11.6 Å². The Balaban J connectivity index is 1.90. The highest BCUT2D eigenvalue weighted by molar-refractivity contribution is 7.99. The zero-order valence-electron chi connectivity index (χ0n) is 23.7. The van der Waals surface area contributed by atoms with Gasteiger partial charge in [0.1, 0.15) is 27.0 Å². The summed E-state index contributed by atoms with van der Waals surface area (Å²) in [6.45, 7) is 12.0. The van der Waals surface area contributed by atoms with Gasteiger partial charge in [0, 0.05) is 23.9 Å². The Morgan fingerprint density at radius 1 is 1.15 bits per heavy atom. The number of nitrogens with zero attached hydrogens (tertiary/aromatic N) is 6. The first kappa shape index (κ1) is 29.8. The number of ether oxygens (including phenoxy) is 3. The number of pyridine rings is 1. The molecule has 3 aromatic rings. The van der Waals surface area contributed by atoms with Crippen LogP contribution in [0.1, 0.15) is 58.5 Å². The lowest BCUT2D eigenvalue weighted by molar-refractivity contribution is 0.0427. The van der Waals surface area contributed by atoms with E-state index in [4.69, 9.17) is 30.9 Å².